The molecular weight excluding hydrogens is 375 g/mol. The Morgan fingerprint density at radius 1 is 0.667 bits per heavy atom. The molecule has 0 atom stereocenters. The van der Waals surface area contributed by atoms with Gasteiger partial charge in [0.25, 0.3) is 0 Å². The zero-order valence-corrected chi connectivity index (χ0v) is 18.6. The molecule has 0 heterocycles. The third-order valence-corrected chi connectivity index (χ3v) is 6.21. The van der Waals surface area contributed by atoms with Crippen molar-refractivity contribution >= 4 is 13.2 Å². The van der Waals surface area contributed by atoms with E-state index in [9.17, 15) is 9.90 Å². The molecule has 0 aromatic rings. The highest BCUT2D eigenvalue weighted by atomic mass is 31.2. The SMILES string of the molecule is COCCOCCOCCOCCC(=O)[O-].COCC[P+](C)(C)CCOC. The van der Waals surface area contributed by atoms with E-state index in [2.05, 4.69) is 13.3 Å². The molecule has 0 saturated heterocycles. The fraction of sp³-hybridized carbons (Fsp3) is 0.944. The molecule has 0 amide bonds. The van der Waals surface area contributed by atoms with Gasteiger partial charge in [-0.05, 0) is 0 Å². The van der Waals surface area contributed by atoms with Crippen LogP contribution in [0.5, 0.6) is 0 Å². The fourth-order valence-corrected chi connectivity index (χ4v) is 3.21. The molecule has 0 aliphatic heterocycles. The molecule has 0 saturated carbocycles. The minimum atomic E-state index is -1.10. The molecule has 0 rings (SSSR count). The first kappa shape index (κ1) is 28.9. The van der Waals surface area contributed by atoms with E-state index in [-0.39, 0.29) is 13.0 Å². The van der Waals surface area contributed by atoms with E-state index < -0.39 is 13.2 Å². The zero-order valence-electron chi connectivity index (χ0n) is 17.7. The van der Waals surface area contributed by atoms with E-state index in [1.807, 2.05) is 0 Å². The normalized spacial score (nSPS) is 11.1. The first-order chi connectivity index (χ1) is 12.9. The second-order valence-corrected chi connectivity index (χ2v) is 11.1. The van der Waals surface area contributed by atoms with E-state index in [0.717, 1.165) is 13.2 Å². The van der Waals surface area contributed by atoms with E-state index in [4.69, 9.17) is 28.4 Å². The van der Waals surface area contributed by atoms with Crippen LogP contribution < -0.4 is 5.11 Å². The van der Waals surface area contributed by atoms with Crippen LogP contribution >= 0.6 is 7.26 Å². The van der Waals surface area contributed by atoms with Gasteiger partial charge in [0.1, 0.15) is 0 Å². The average Bonchev–Trinajstić information content (AvgIpc) is 2.63. The summed E-state index contributed by atoms with van der Waals surface area (Å²) in [5.74, 6) is -1.10. The molecule has 8 nitrogen and oxygen atoms in total. The molecule has 0 aromatic heterocycles. The van der Waals surface area contributed by atoms with Crippen molar-refractivity contribution in [2.45, 2.75) is 6.42 Å². The Hall–Kier alpha value is -0.340. The summed E-state index contributed by atoms with van der Waals surface area (Å²) < 4.78 is 30.2. The van der Waals surface area contributed by atoms with Crippen LogP contribution in [0.1, 0.15) is 6.42 Å². The van der Waals surface area contributed by atoms with Crippen LogP contribution in [0.2, 0.25) is 0 Å². The van der Waals surface area contributed by atoms with Crippen LogP contribution in [0.3, 0.4) is 0 Å². The van der Waals surface area contributed by atoms with Crippen molar-refractivity contribution in [2.75, 3.05) is 106 Å². The van der Waals surface area contributed by atoms with Crippen LogP contribution in [-0.4, -0.2) is 112 Å². The van der Waals surface area contributed by atoms with Gasteiger partial charge in [0.05, 0.1) is 71.8 Å². The maximum Gasteiger partial charge on any atom is 0.0823 e. The monoisotopic (exact) mass is 414 g/mol. The Kier molecular flexibility index (Phi) is 23.5. The first-order valence-corrected chi connectivity index (χ1v) is 12.2. The highest BCUT2D eigenvalue weighted by Crippen LogP contribution is 2.50. The number of aliphatic carboxylic acids is 1. The number of carbonyl (C=O) groups excluding carboxylic acids is 1. The molecule has 0 unspecified atom stereocenters. The van der Waals surface area contributed by atoms with Gasteiger partial charge >= 0.3 is 0 Å². The summed E-state index contributed by atoms with van der Waals surface area (Å²) in [5.41, 5.74) is 0. The summed E-state index contributed by atoms with van der Waals surface area (Å²) >= 11 is 0. The summed E-state index contributed by atoms with van der Waals surface area (Å²) in [4.78, 5) is 10.0. The number of carboxylic acids is 1. The van der Waals surface area contributed by atoms with Gasteiger partial charge in [0, 0.05) is 54.3 Å². The Labute approximate surface area is 165 Å². The summed E-state index contributed by atoms with van der Waals surface area (Å²) in [7, 11) is 4.41. The lowest BCUT2D eigenvalue weighted by Crippen LogP contribution is -2.24. The van der Waals surface area contributed by atoms with Crippen molar-refractivity contribution in [3.05, 3.63) is 0 Å². The van der Waals surface area contributed by atoms with Crippen LogP contribution in [0.4, 0.5) is 0 Å². The van der Waals surface area contributed by atoms with Gasteiger partial charge < -0.3 is 38.3 Å². The van der Waals surface area contributed by atoms with E-state index in [1.165, 1.54) is 12.3 Å². The summed E-state index contributed by atoms with van der Waals surface area (Å²) in [6.45, 7) is 9.61. The van der Waals surface area contributed by atoms with Gasteiger partial charge in [-0.2, -0.15) is 0 Å². The number of hydrogen-bond donors (Lipinski definition) is 0. The van der Waals surface area contributed by atoms with Crippen LogP contribution in [0.15, 0.2) is 0 Å². The second kappa shape index (κ2) is 22.0. The number of rotatable bonds is 18. The van der Waals surface area contributed by atoms with Crippen molar-refractivity contribution in [1.82, 2.24) is 0 Å². The standard InChI is InChI=1S/C10H20O6.C8H20O2P/c1-13-4-5-15-8-9-16-7-6-14-3-2-10(11)12;1-9-5-7-11(3,4)8-6-10-2/h2-9H2,1H3,(H,11,12);5-8H2,1-4H3/q;+1/p-1. The van der Waals surface area contributed by atoms with Gasteiger partial charge in [0.2, 0.25) is 0 Å². The molecule has 0 fully saturated rings. The van der Waals surface area contributed by atoms with Gasteiger partial charge in [-0.1, -0.05) is 0 Å². The number of carboxylic acid groups (broad SMARTS) is 1. The molecule has 0 N–H and O–H groups in total. The minimum absolute atomic E-state index is 0.0832. The number of ether oxygens (including phenoxy) is 6. The molecule has 0 radical (unpaired) electrons. The summed E-state index contributed by atoms with van der Waals surface area (Å²) in [5, 5.41) is 10.0. The molecular formula is C18H39O8P. The third kappa shape index (κ3) is 28.0. The Morgan fingerprint density at radius 3 is 1.41 bits per heavy atom. The maximum absolute atomic E-state index is 10.0. The number of hydrogen-bond acceptors (Lipinski definition) is 8. The van der Waals surface area contributed by atoms with Crippen molar-refractivity contribution in [1.29, 1.82) is 0 Å². The predicted molar refractivity (Wildman–Crippen MR) is 106 cm³/mol. The number of carbonyl (C=O) groups is 1. The topological polar surface area (TPSA) is 95.5 Å². The summed E-state index contributed by atoms with van der Waals surface area (Å²) in [6, 6.07) is 0. The molecule has 164 valence electrons. The quantitative estimate of drug-likeness (QED) is 0.235. The lowest BCUT2D eigenvalue weighted by molar-refractivity contribution is -0.306. The highest BCUT2D eigenvalue weighted by molar-refractivity contribution is 7.74. The zero-order chi connectivity index (χ0) is 20.8. The van der Waals surface area contributed by atoms with E-state index in [1.54, 1.807) is 21.3 Å². The van der Waals surface area contributed by atoms with Crippen LogP contribution in [0.25, 0.3) is 0 Å². The Bertz CT molecular complexity index is 306. The average molecular weight is 414 g/mol. The van der Waals surface area contributed by atoms with Crippen molar-refractivity contribution < 1.29 is 38.3 Å². The van der Waals surface area contributed by atoms with E-state index >= 15 is 0 Å². The smallest absolute Gasteiger partial charge is 0.0823 e. The predicted octanol–water partition coefficient (Wildman–Crippen LogP) is 0.379. The Balaban J connectivity index is 0. The Morgan fingerprint density at radius 2 is 1.04 bits per heavy atom. The maximum atomic E-state index is 10.0. The van der Waals surface area contributed by atoms with Crippen LogP contribution in [0, 0.1) is 0 Å². The van der Waals surface area contributed by atoms with Gasteiger partial charge in [0.15, 0.2) is 0 Å². The first-order valence-electron chi connectivity index (χ1n) is 9.11. The van der Waals surface area contributed by atoms with Gasteiger partial charge in [-0.25, -0.2) is 0 Å². The van der Waals surface area contributed by atoms with Crippen molar-refractivity contribution in [3.63, 3.8) is 0 Å². The lowest BCUT2D eigenvalue weighted by Gasteiger charge is -2.16. The van der Waals surface area contributed by atoms with Gasteiger partial charge in [-0.15, -0.1) is 0 Å². The van der Waals surface area contributed by atoms with Crippen molar-refractivity contribution in [2.24, 2.45) is 0 Å². The lowest BCUT2D eigenvalue weighted by atomic mass is 10.5. The highest BCUT2D eigenvalue weighted by Gasteiger charge is 2.23. The minimum Gasteiger partial charge on any atom is -0.550 e. The largest absolute Gasteiger partial charge is 0.550 e. The summed E-state index contributed by atoms with van der Waals surface area (Å²) in [6.07, 6.45) is 2.35. The van der Waals surface area contributed by atoms with Crippen molar-refractivity contribution in [3.8, 4) is 0 Å². The molecule has 0 bridgehead atoms. The molecule has 27 heavy (non-hydrogen) atoms. The second-order valence-electron chi connectivity index (χ2n) is 6.32. The molecule has 0 aliphatic rings. The molecule has 0 spiro atoms. The molecule has 9 heteroatoms. The van der Waals surface area contributed by atoms with E-state index in [0.29, 0.717) is 39.6 Å². The molecule has 0 aliphatic carbocycles. The van der Waals surface area contributed by atoms with Crippen LogP contribution in [-0.2, 0) is 33.2 Å². The van der Waals surface area contributed by atoms with Gasteiger partial charge in [-0.3, -0.25) is 0 Å². The number of methoxy groups -OCH3 is 3. The molecule has 0 aromatic carbocycles. The third-order valence-electron chi connectivity index (χ3n) is 3.43. The fourth-order valence-electron chi connectivity index (χ4n) is 1.63.